The van der Waals surface area contributed by atoms with E-state index in [9.17, 15) is 0 Å². The molecule has 1 aromatic rings. The molecule has 1 aliphatic rings. The quantitative estimate of drug-likeness (QED) is 0.839. The molecule has 2 heterocycles. The van der Waals surface area contributed by atoms with Crippen molar-refractivity contribution in [2.75, 3.05) is 6.54 Å². The van der Waals surface area contributed by atoms with Gasteiger partial charge in [-0.1, -0.05) is 18.9 Å². The summed E-state index contributed by atoms with van der Waals surface area (Å²) in [6.45, 7) is 4.34. The van der Waals surface area contributed by atoms with E-state index in [-0.39, 0.29) is 0 Å². The summed E-state index contributed by atoms with van der Waals surface area (Å²) >= 11 is 0. The molecule has 1 aliphatic heterocycles. The molecule has 3 nitrogen and oxygen atoms in total. The Bertz CT molecular complexity index is 318. The van der Waals surface area contributed by atoms with Crippen LogP contribution >= 0.6 is 0 Å². The van der Waals surface area contributed by atoms with Crippen molar-refractivity contribution in [2.24, 2.45) is 0 Å². The molecule has 0 saturated carbocycles. The molecule has 2 N–H and O–H groups in total. The van der Waals surface area contributed by atoms with E-state index in [4.69, 9.17) is 0 Å². The molecule has 0 amide bonds. The standard InChI is InChI=1S/C15H25N3/c1-13(11-14-7-3-2-5-9-16-14)18-12-15-8-4-6-10-17-15/h4,6,8,10,13-14,16,18H,2-3,5,7,9,11-12H2,1H3. The van der Waals surface area contributed by atoms with Crippen LogP contribution in [-0.4, -0.2) is 23.6 Å². The van der Waals surface area contributed by atoms with Crippen molar-refractivity contribution in [3.05, 3.63) is 30.1 Å². The first kappa shape index (κ1) is 13.5. The Kier molecular flexibility index (Phi) is 5.62. The minimum atomic E-state index is 0.544. The Labute approximate surface area is 110 Å². The largest absolute Gasteiger partial charge is 0.314 e. The van der Waals surface area contributed by atoms with E-state index >= 15 is 0 Å². The van der Waals surface area contributed by atoms with Crippen LogP contribution in [0.4, 0.5) is 0 Å². The normalized spacial score (nSPS) is 22.4. The molecule has 0 aliphatic carbocycles. The number of hydrogen-bond acceptors (Lipinski definition) is 3. The third-order valence-corrected chi connectivity index (χ3v) is 3.66. The summed E-state index contributed by atoms with van der Waals surface area (Å²) in [6.07, 6.45) is 8.51. The smallest absolute Gasteiger partial charge is 0.0541 e. The van der Waals surface area contributed by atoms with Crippen molar-refractivity contribution in [1.82, 2.24) is 15.6 Å². The Hall–Kier alpha value is -0.930. The summed E-state index contributed by atoms with van der Waals surface area (Å²) in [5.74, 6) is 0. The molecule has 1 saturated heterocycles. The maximum Gasteiger partial charge on any atom is 0.0541 e. The molecule has 0 radical (unpaired) electrons. The number of nitrogens with one attached hydrogen (secondary N) is 2. The van der Waals surface area contributed by atoms with Crippen LogP contribution in [0.2, 0.25) is 0 Å². The second-order valence-electron chi connectivity index (χ2n) is 5.34. The molecule has 2 rings (SSSR count). The van der Waals surface area contributed by atoms with Crippen LogP contribution < -0.4 is 10.6 Å². The van der Waals surface area contributed by atoms with E-state index < -0.39 is 0 Å². The maximum atomic E-state index is 4.33. The lowest BCUT2D eigenvalue weighted by Crippen LogP contribution is -2.36. The third kappa shape index (κ3) is 4.75. The lowest BCUT2D eigenvalue weighted by Gasteiger charge is -2.21. The van der Waals surface area contributed by atoms with Gasteiger partial charge in [0.05, 0.1) is 5.69 Å². The van der Waals surface area contributed by atoms with Crippen LogP contribution in [0.3, 0.4) is 0 Å². The van der Waals surface area contributed by atoms with Gasteiger partial charge in [0.25, 0.3) is 0 Å². The van der Waals surface area contributed by atoms with Crippen LogP contribution in [0, 0.1) is 0 Å². The SMILES string of the molecule is CC(CC1CCCCCN1)NCc1ccccn1. The minimum Gasteiger partial charge on any atom is -0.314 e. The van der Waals surface area contributed by atoms with E-state index in [2.05, 4.69) is 28.6 Å². The van der Waals surface area contributed by atoms with Crippen molar-refractivity contribution in [2.45, 2.75) is 57.7 Å². The number of hydrogen-bond donors (Lipinski definition) is 2. The molecule has 18 heavy (non-hydrogen) atoms. The first-order valence-electron chi connectivity index (χ1n) is 7.21. The molecule has 3 heteroatoms. The van der Waals surface area contributed by atoms with Gasteiger partial charge in [0.15, 0.2) is 0 Å². The summed E-state index contributed by atoms with van der Waals surface area (Å²) in [4.78, 5) is 4.33. The summed E-state index contributed by atoms with van der Waals surface area (Å²) in [6, 6.07) is 7.31. The van der Waals surface area contributed by atoms with Gasteiger partial charge in [0, 0.05) is 24.8 Å². The molecule has 2 atom stereocenters. The Morgan fingerprint density at radius 3 is 3.17 bits per heavy atom. The van der Waals surface area contributed by atoms with E-state index in [0.717, 1.165) is 12.2 Å². The monoisotopic (exact) mass is 247 g/mol. The van der Waals surface area contributed by atoms with Crippen LogP contribution in [0.15, 0.2) is 24.4 Å². The average molecular weight is 247 g/mol. The summed E-state index contributed by atoms with van der Waals surface area (Å²) in [7, 11) is 0. The molecule has 1 fully saturated rings. The highest BCUT2D eigenvalue weighted by Gasteiger charge is 2.14. The van der Waals surface area contributed by atoms with Gasteiger partial charge in [-0.15, -0.1) is 0 Å². The van der Waals surface area contributed by atoms with Gasteiger partial charge in [-0.05, 0) is 44.9 Å². The first-order valence-corrected chi connectivity index (χ1v) is 7.21. The van der Waals surface area contributed by atoms with Gasteiger partial charge < -0.3 is 10.6 Å². The molecular weight excluding hydrogens is 222 g/mol. The van der Waals surface area contributed by atoms with Crippen LogP contribution in [-0.2, 0) is 6.54 Å². The van der Waals surface area contributed by atoms with Crippen molar-refractivity contribution in [1.29, 1.82) is 0 Å². The molecular formula is C15H25N3. The van der Waals surface area contributed by atoms with Crippen molar-refractivity contribution < 1.29 is 0 Å². The molecule has 0 bridgehead atoms. The predicted molar refractivity (Wildman–Crippen MR) is 75.4 cm³/mol. The zero-order valence-electron chi connectivity index (χ0n) is 11.4. The van der Waals surface area contributed by atoms with Gasteiger partial charge in [-0.2, -0.15) is 0 Å². The Morgan fingerprint density at radius 1 is 1.39 bits per heavy atom. The highest BCUT2D eigenvalue weighted by molar-refractivity contribution is 5.03. The van der Waals surface area contributed by atoms with Crippen molar-refractivity contribution in [3.63, 3.8) is 0 Å². The number of aromatic nitrogens is 1. The van der Waals surface area contributed by atoms with Crippen LogP contribution in [0.5, 0.6) is 0 Å². The zero-order valence-corrected chi connectivity index (χ0v) is 11.4. The fraction of sp³-hybridized carbons (Fsp3) is 0.667. The first-order chi connectivity index (χ1) is 8.84. The summed E-state index contributed by atoms with van der Waals surface area (Å²) < 4.78 is 0. The van der Waals surface area contributed by atoms with Gasteiger partial charge in [0.1, 0.15) is 0 Å². The molecule has 2 unspecified atom stereocenters. The number of nitrogens with zero attached hydrogens (tertiary/aromatic N) is 1. The molecule has 0 spiro atoms. The van der Waals surface area contributed by atoms with Crippen LogP contribution in [0.1, 0.15) is 44.7 Å². The van der Waals surface area contributed by atoms with Gasteiger partial charge in [0.2, 0.25) is 0 Å². The molecule has 0 aromatic carbocycles. The Morgan fingerprint density at radius 2 is 2.33 bits per heavy atom. The highest BCUT2D eigenvalue weighted by atomic mass is 15.0. The summed E-state index contributed by atoms with van der Waals surface area (Å²) in [5.41, 5.74) is 1.12. The van der Waals surface area contributed by atoms with Crippen molar-refractivity contribution in [3.8, 4) is 0 Å². The van der Waals surface area contributed by atoms with Crippen molar-refractivity contribution >= 4 is 0 Å². The van der Waals surface area contributed by atoms with Gasteiger partial charge in [-0.25, -0.2) is 0 Å². The fourth-order valence-corrected chi connectivity index (χ4v) is 2.59. The minimum absolute atomic E-state index is 0.544. The lowest BCUT2D eigenvalue weighted by molar-refractivity contribution is 0.401. The third-order valence-electron chi connectivity index (χ3n) is 3.66. The van der Waals surface area contributed by atoms with E-state index in [1.165, 1.54) is 38.6 Å². The zero-order chi connectivity index (χ0) is 12.6. The van der Waals surface area contributed by atoms with E-state index in [1.807, 2.05) is 18.3 Å². The predicted octanol–water partition coefficient (Wildman–Crippen LogP) is 2.48. The number of pyridine rings is 1. The molecule has 100 valence electrons. The van der Waals surface area contributed by atoms with Gasteiger partial charge in [-0.3, -0.25) is 4.98 Å². The second kappa shape index (κ2) is 7.49. The topological polar surface area (TPSA) is 37.0 Å². The highest BCUT2D eigenvalue weighted by Crippen LogP contribution is 2.12. The van der Waals surface area contributed by atoms with Crippen LogP contribution in [0.25, 0.3) is 0 Å². The summed E-state index contributed by atoms with van der Waals surface area (Å²) in [5, 5.41) is 7.22. The maximum absolute atomic E-state index is 4.33. The van der Waals surface area contributed by atoms with Gasteiger partial charge >= 0.3 is 0 Å². The average Bonchev–Trinajstić information content (AvgIpc) is 2.66. The number of rotatable bonds is 5. The Balaban J connectivity index is 1.69. The van der Waals surface area contributed by atoms with E-state index in [1.54, 1.807) is 0 Å². The van der Waals surface area contributed by atoms with E-state index in [0.29, 0.717) is 12.1 Å². The molecule has 1 aromatic heterocycles. The fourth-order valence-electron chi connectivity index (χ4n) is 2.59. The lowest BCUT2D eigenvalue weighted by atomic mass is 10.0. The second-order valence-corrected chi connectivity index (χ2v) is 5.34.